The number of hydrogen-bond acceptors (Lipinski definition) is 2. The number of halogens is 2. The van der Waals surface area contributed by atoms with Gasteiger partial charge in [0.25, 0.3) is 11.4 Å². The van der Waals surface area contributed by atoms with Crippen LogP contribution in [-0.4, -0.2) is 0 Å². The Balaban J connectivity index is 1.49. The van der Waals surface area contributed by atoms with Crippen LogP contribution in [0.4, 0.5) is 8.78 Å². The average molecular weight is 567 g/mol. The molecular weight excluding hydrogens is 550 g/mol. The number of hydrogen-bond donors (Lipinski definition) is 0. The second kappa shape index (κ2) is 10.0. The van der Waals surface area contributed by atoms with Crippen molar-refractivity contribution in [3.8, 4) is 56.6 Å². The minimum absolute atomic E-state index is 0.0773. The number of fused-ring (bicyclic) bond motifs is 6. The molecule has 5 aromatic rings. The molecule has 4 nitrogen and oxygen atoms in total. The van der Waals surface area contributed by atoms with E-state index in [0.29, 0.717) is 33.4 Å². The van der Waals surface area contributed by atoms with E-state index in [1.807, 2.05) is 60.7 Å². The summed E-state index contributed by atoms with van der Waals surface area (Å²) in [7, 11) is 0. The Morgan fingerprint density at radius 2 is 0.795 bits per heavy atom. The van der Waals surface area contributed by atoms with Crippen molar-refractivity contribution in [3.05, 3.63) is 165 Å². The fourth-order valence-electron chi connectivity index (χ4n) is 6.15. The number of nitrogens with zero attached hydrogens (tertiary/aromatic N) is 4. The standard InChI is InChI=1S/C38H16F2N4/c1-43-35(19-41)37-31-15-23(21-3-9-25(39)10-4-21)7-13-27(31)29-17-30-28-14-8-24(22-5-11-26(40)12-6-22)16-32(28)38(36(20-42)44-2)34(30)18-33(29)37/h3-18H/b37-35-,38-36+. The van der Waals surface area contributed by atoms with E-state index in [2.05, 4.69) is 9.69 Å². The highest BCUT2D eigenvalue weighted by Crippen LogP contribution is 2.54. The summed E-state index contributed by atoms with van der Waals surface area (Å²) in [5.41, 5.74) is 10.1. The van der Waals surface area contributed by atoms with Gasteiger partial charge in [-0.25, -0.2) is 29.0 Å². The lowest BCUT2D eigenvalue weighted by atomic mass is 9.94. The van der Waals surface area contributed by atoms with Crippen molar-refractivity contribution in [2.24, 2.45) is 0 Å². The van der Waals surface area contributed by atoms with Gasteiger partial charge < -0.3 is 0 Å². The number of nitriles is 2. The Bertz CT molecular complexity index is 2120. The van der Waals surface area contributed by atoms with Gasteiger partial charge in [-0.1, -0.05) is 48.5 Å². The van der Waals surface area contributed by atoms with Crippen LogP contribution >= 0.6 is 0 Å². The molecule has 0 aromatic heterocycles. The minimum atomic E-state index is -0.345. The molecule has 202 valence electrons. The molecule has 7 rings (SSSR count). The Morgan fingerprint density at radius 1 is 0.455 bits per heavy atom. The molecule has 2 aliphatic rings. The van der Waals surface area contributed by atoms with Crippen LogP contribution in [0.5, 0.6) is 0 Å². The normalized spacial score (nSPS) is 14.1. The Kier molecular flexibility index (Phi) is 6.00. The highest BCUT2D eigenvalue weighted by atomic mass is 19.1. The zero-order valence-electron chi connectivity index (χ0n) is 22.8. The lowest BCUT2D eigenvalue weighted by molar-refractivity contribution is 0.627. The Hall–Kier alpha value is -6.60. The van der Waals surface area contributed by atoms with Crippen molar-refractivity contribution in [2.75, 3.05) is 0 Å². The highest BCUT2D eigenvalue weighted by Gasteiger charge is 2.33. The molecule has 0 bridgehead atoms. The van der Waals surface area contributed by atoms with Crippen molar-refractivity contribution in [1.82, 2.24) is 0 Å². The first-order valence-corrected chi connectivity index (χ1v) is 13.5. The maximum absolute atomic E-state index is 13.6. The first kappa shape index (κ1) is 26.3. The number of benzene rings is 5. The Labute approximate surface area is 252 Å². The molecule has 2 aliphatic carbocycles. The number of rotatable bonds is 2. The van der Waals surface area contributed by atoms with Crippen LogP contribution in [0.25, 0.3) is 65.3 Å². The summed E-state index contributed by atoms with van der Waals surface area (Å²) in [4.78, 5) is 7.10. The van der Waals surface area contributed by atoms with Crippen molar-refractivity contribution in [2.45, 2.75) is 0 Å². The second-order valence-electron chi connectivity index (χ2n) is 10.4. The molecule has 0 saturated heterocycles. The predicted molar refractivity (Wildman–Crippen MR) is 165 cm³/mol. The van der Waals surface area contributed by atoms with Crippen LogP contribution < -0.4 is 0 Å². The SMILES string of the molecule is [C-]#[N+]/C(C#N)=C1/c2cc(-c3ccc(F)cc3)ccc2-c2cc3c(cc21)/C(=C(\C#N)[N+]#[C-])c1cc(-c2ccc(F)cc2)ccc1-3. The third-order valence-corrected chi connectivity index (χ3v) is 8.12. The van der Waals surface area contributed by atoms with Crippen LogP contribution in [0, 0.1) is 47.4 Å². The van der Waals surface area contributed by atoms with Crippen molar-refractivity contribution < 1.29 is 8.78 Å². The fourth-order valence-corrected chi connectivity index (χ4v) is 6.15. The summed E-state index contributed by atoms with van der Waals surface area (Å²) in [6.45, 7) is 15.6. The molecule has 0 aliphatic heterocycles. The highest BCUT2D eigenvalue weighted by molar-refractivity contribution is 6.11. The molecular formula is C38H16F2N4. The van der Waals surface area contributed by atoms with Gasteiger partial charge in [-0.3, -0.25) is 0 Å². The van der Waals surface area contributed by atoms with Crippen LogP contribution in [0.3, 0.4) is 0 Å². The van der Waals surface area contributed by atoms with Gasteiger partial charge in [0.2, 0.25) is 0 Å². The van der Waals surface area contributed by atoms with Gasteiger partial charge >= 0.3 is 0 Å². The van der Waals surface area contributed by atoms with Crippen LogP contribution in [-0.2, 0) is 0 Å². The monoisotopic (exact) mass is 566 g/mol. The van der Waals surface area contributed by atoms with Gasteiger partial charge in [0.15, 0.2) is 0 Å². The molecule has 0 spiro atoms. The van der Waals surface area contributed by atoms with E-state index in [9.17, 15) is 19.3 Å². The summed E-state index contributed by atoms with van der Waals surface area (Å²) in [6, 6.07) is 31.8. The van der Waals surface area contributed by atoms with Crippen LogP contribution in [0.15, 0.2) is 108 Å². The van der Waals surface area contributed by atoms with Crippen molar-refractivity contribution in [1.29, 1.82) is 10.5 Å². The first-order chi connectivity index (χ1) is 21.4. The van der Waals surface area contributed by atoms with Crippen LogP contribution in [0.2, 0.25) is 0 Å². The predicted octanol–water partition coefficient (Wildman–Crippen LogP) is 9.66. The molecule has 0 unspecified atom stereocenters. The fraction of sp³-hybridized carbons (Fsp3) is 0. The lowest BCUT2D eigenvalue weighted by Gasteiger charge is -2.09. The molecule has 44 heavy (non-hydrogen) atoms. The summed E-state index contributed by atoms with van der Waals surface area (Å²) < 4.78 is 27.2. The third-order valence-electron chi connectivity index (χ3n) is 8.12. The molecule has 0 fully saturated rings. The van der Waals surface area contributed by atoms with Gasteiger partial charge in [0, 0.05) is 11.1 Å². The zero-order valence-corrected chi connectivity index (χ0v) is 22.8. The summed E-state index contributed by atoms with van der Waals surface area (Å²) >= 11 is 0. The molecule has 0 amide bonds. The Morgan fingerprint density at radius 3 is 1.16 bits per heavy atom. The molecule has 0 radical (unpaired) electrons. The average Bonchev–Trinajstić information content (AvgIpc) is 3.53. The van der Waals surface area contributed by atoms with Gasteiger partial charge in [-0.2, -0.15) is 0 Å². The van der Waals surface area contributed by atoms with Crippen molar-refractivity contribution >= 4 is 11.1 Å². The maximum atomic E-state index is 13.6. The van der Waals surface area contributed by atoms with E-state index >= 15 is 0 Å². The first-order valence-electron chi connectivity index (χ1n) is 13.5. The van der Waals surface area contributed by atoms with E-state index in [-0.39, 0.29) is 23.0 Å². The largest absolute Gasteiger partial charge is 0.270 e. The lowest BCUT2D eigenvalue weighted by Crippen LogP contribution is -1.91. The van der Waals surface area contributed by atoms with Gasteiger partial charge in [0.05, 0.1) is 25.3 Å². The quantitative estimate of drug-likeness (QED) is 0.155. The molecule has 0 atom stereocenters. The van der Waals surface area contributed by atoms with Gasteiger partial charge in [0.1, 0.15) is 11.6 Å². The smallest absolute Gasteiger partial charge is 0.226 e. The van der Waals surface area contributed by atoms with Crippen LogP contribution in [0.1, 0.15) is 22.3 Å². The third kappa shape index (κ3) is 3.92. The van der Waals surface area contributed by atoms with Crippen molar-refractivity contribution in [3.63, 3.8) is 0 Å². The molecule has 0 saturated carbocycles. The maximum Gasteiger partial charge on any atom is 0.270 e. The van der Waals surface area contributed by atoms with E-state index < -0.39 is 0 Å². The topological polar surface area (TPSA) is 56.3 Å². The van der Waals surface area contributed by atoms with E-state index in [4.69, 9.17) is 13.1 Å². The number of allylic oxidation sites excluding steroid dienone is 2. The molecule has 0 heterocycles. The summed E-state index contributed by atoms with van der Waals surface area (Å²) in [5.74, 6) is -0.690. The van der Waals surface area contributed by atoms with Gasteiger partial charge in [-0.15, -0.1) is 0 Å². The molecule has 0 N–H and O–H groups in total. The minimum Gasteiger partial charge on any atom is -0.226 e. The van der Waals surface area contributed by atoms with E-state index in [1.54, 1.807) is 24.3 Å². The molecule has 6 heteroatoms. The molecule has 5 aromatic carbocycles. The summed E-state index contributed by atoms with van der Waals surface area (Å²) in [6.07, 6.45) is 0. The van der Waals surface area contributed by atoms with E-state index in [0.717, 1.165) is 44.5 Å². The van der Waals surface area contributed by atoms with E-state index in [1.165, 1.54) is 24.3 Å². The summed E-state index contributed by atoms with van der Waals surface area (Å²) in [5, 5.41) is 20.0. The zero-order chi connectivity index (χ0) is 30.5. The van der Waals surface area contributed by atoms with Gasteiger partial charge in [-0.05, 0) is 115 Å². The second-order valence-corrected chi connectivity index (χ2v) is 10.4.